The minimum absolute atomic E-state index is 0.236. The van der Waals surface area contributed by atoms with Crippen LogP contribution in [0.4, 0.5) is 5.82 Å². The number of hydrogen-bond acceptors (Lipinski definition) is 3. The van der Waals surface area contributed by atoms with E-state index in [2.05, 4.69) is 10.00 Å². The molecule has 1 aliphatic heterocycles. The van der Waals surface area contributed by atoms with Crippen molar-refractivity contribution in [3.63, 3.8) is 0 Å². The quantitative estimate of drug-likeness (QED) is 0.776. The fourth-order valence-corrected chi connectivity index (χ4v) is 2.06. The highest BCUT2D eigenvalue weighted by molar-refractivity contribution is 5.71. The fraction of sp³-hybridized carbons (Fsp3) is 0.600. The van der Waals surface area contributed by atoms with Gasteiger partial charge in [0.1, 0.15) is 5.82 Å². The zero-order valence-electron chi connectivity index (χ0n) is 8.97. The molecule has 1 saturated heterocycles. The van der Waals surface area contributed by atoms with E-state index >= 15 is 0 Å². The molecule has 0 bridgehead atoms. The zero-order chi connectivity index (χ0) is 11.0. The standard InChI is InChI=1S/C10H15N3O2/c1-7-5-9(12(2)11-7)13-4-3-8(6-13)10(14)15/h5,8H,3-4,6H2,1-2H3,(H,14,15). The summed E-state index contributed by atoms with van der Waals surface area (Å²) in [6.45, 7) is 3.33. The number of hydrogen-bond donors (Lipinski definition) is 1. The summed E-state index contributed by atoms with van der Waals surface area (Å²) in [7, 11) is 1.89. The third-order valence-corrected chi connectivity index (χ3v) is 2.84. The number of carbonyl (C=O) groups is 1. The van der Waals surface area contributed by atoms with Crippen molar-refractivity contribution < 1.29 is 9.90 Å². The van der Waals surface area contributed by atoms with Crippen molar-refractivity contribution in [1.82, 2.24) is 9.78 Å². The highest BCUT2D eigenvalue weighted by atomic mass is 16.4. The third kappa shape index (κ3) is 1.82. The van der Waals surface area contributed by atoms with E-state index in [0.29, 0.717) is 6.54 Å². The lowest BCUT2D eigenvalue weighted by atomic mass is 10.1. The van der Waals surface area contributed by atoms with Gasteiger partial charge < -0.3 is 10.0 Å². The maximum atomic E-state index is 10.8. The van der Waals surface area contributed by atoms with E-state index in [1.807, 2.05) is 20.0 Å². The van der Waals surface area contributed by atoms with Gasteiger partial charge in [0.15, 0.2) is 0 Å². The van der Waals surface area contributed by atoms with E-state index in [9.17, 15) is 4.79 Å². The Morgan fingerprint density at radius 1 is 1.67 bits per heavy atom. The molecule has 0 spiro atoms. The lowest BCUT2D eigenvalue weighted by Gasteiger charge is -2.17. The molecule has 2 rings (SSSR count). The van der Waals surface area contributed by atoms with Crippen LogP contribution >= 0.6 is 0 Å². The Labute approximate surface area is 88.3 Å². The molecule has 0 aliphatic carbocycles. The minimum Gasteiger partial charge on any atom is -0.481 e. The Kier molecular flexibility index (Phi) is 2.38. The smallest absolute Gasteiger partial charge is 0.308 e. The van der Waals surface area contributed by atoms with Crippen molar-refractivity contribution in [2.24, 2.45) is 13.0 Å². The lowest BCUT2D eigenvalue weighted by molar-refractivity contribution is -0.140. The van der Waals surface area contributed by atoms with E-state index in [-0.39, 0.29) is 5.92 Å². The van der Waals surface area contributed by atoms with E-state index in [1.165, 1.54) is 0 Å². The van der Waals surface area contributed by atoms with Crippen LogP contribution in [0.3, 0.4) is 0 Å². The van der Waals surface area contributed by atoms with Crippen molar-refractivity contribution in [2.75, 3.05) is 18.0 Å². The molecule has 0 radical (unpaired) electrons. The zero-order valence-corrected chi connectivity index (χ0v) is 8.97. The first-order chi connectivity index (χ1) is 7.08. The van der Waals surface area contributed by atoms with Gasteiger partial charge >= 0.3 is 5.97 Å². The first kappa shape index (κ1) is 10.0. The van der Waals surface area contributed by atoms with Crippen LogP contribution in [0.1, 0.15) is 12.1 Å². The van der Waals surface area contributed by atoms with Crippen LogP contribution in [-0.2, 0) is 11.8 Å². The van der Waals surface area contributed by atoms with E-state index in [0.717, 1.165) is 24.5 Å². The number of carboxylic acid groups (broad SMARTS) is 1. The Bertz CT molecular complexity index is 386. The number of aliphatic carboxylic acids is 1. The summed E-state index contributed by atoms with van der Waals surface area (Å²) >= 11 is 0. The normalized spacial score (nSPS) is 20.9. The molecular formula is C10H15N3O2. The van der Waals surface area contributed by atoms with Crippen LogP contribution in [0.25, 0.3) is 0 Å². The first-order valence-electron chi connectivity index (χ1n) is 5.06. The second kappa shape index (κ2) is 3.56. The molecule has 0 amide bonds. The van der Waals surface area contributed by atoms with Gasteiger partial charge in [0.05, 0.1) is 11.6 Å². The van der Waals surface area contributed by atoms with Gasteiger partial charge in [-0.15, -0.1) is 0 Å². The molecule has 2 heterocycles. The largest absolute Gasteiger partial charge is 0.481 e. The first-order valence-corrected chi connectivity index (χ1v) is 5.06. The Balaban J connectivity index is 2.14. The van der Waals surface area contributed by atoms with Gasteiger partial charge in [-0.3, -0.25) is 9.48 Å². The highest BCUT2D eigenvalue weighted by Crippen LogP contribution is 2.23. The second-order valence-corrected chi connectivity index (χ2v) is 4.04. The van der Waals surface area contributed by atoms with Gasteiger partial charge in [-0.05, 0) is 13.3 Å². The van der Waals surface area contributed by atoms with Crippen LogP contribution in [0.2, 0.25) is 0 Å². The summed E-state index contributed by atoms with van der Waals surface area (Å²) in [5.41, 5.74) is 0.964. The Hall–Kier alpha value is -1.52. The van der Waals surface area contributed by atoms with Gasteiger partial charge in [-0.2, -0.15) is 5.10 Å². The molecule has 82 valence electrons. The lowest BCUT2D eigenvalue weighted by Crippen LogP contribution is -2.24. The summed E-state index contributed by atoms with van der Waals surface area (Å²) in [6, 6.07) is 1.99. The predicted molar refractivity (Wildman–Crippen MR) is 55.9 cm³/mol. The third-order valence-electron chi connectivity index (χ3n) is 2.84. The van der Waals surface area contributed by atoms with Crippen molar-refractivity contribution in [1.29, 1.82) is 0 Å². The monoisotopic (exact) mass is 209 g/mol. The molecule has 1 aromatic heterocycles. The molecule has 1 N–H and O–H groups in total. The molecule has 1 fully saturated rings. The number of aromatic nitrogens is 2. The molecule has 0 aromatic carbocycles. The van der Waals surface area contributed by atoms with Crippen molar-refractivity contribution in [3.8, 4) is 0 Å². The molecule has 1 aliphatic rings. The van der Waals surface area contributed by atoms with Gasteiger partial charge in [0, 0.05) is 26.2 Å². The number of nitrogens with zero attached hydrogens (tertiary/aromatic N) is 3. The molecule has 1 aromatic rings. The number of anilines is 1. The van der Waals surface area contributed by atoms with Crippen LogP contribution in [0.15, 0.2) is 6.07 Å². The van der Waals surface area contributed by atoms with E-state index in [1.54, 1.807) is 4.68 Å². The summed E-state index contributed by atoms with van der Waals surface area (Å²) < 4.78 is 1.81. The molecule has 1 unspecified atom stereocenters. The average Bonchev–Trinajstić information content (AvgIpc) is 2.71. The number of rotatable bonds is 2. The Morgan fingerprint density at radius 3 is 2.87 bits per heavy atom. The summed E-state index contributed by atoms with van der Waals surface area (Å²) in [4.78, 5) is 12.9. The van der Waals surface area contributed by atoms with Gasteiger partial charge in [0.2, 0.25) is 0 Å². The fourth-order valence-electron chi connectivity index (χ4n) is 2.06. The van der Waals surface area contributed by atoms with Crippen molar-refractivity contribution in [3.05, 3.63) is 11.8 Å². The van der Waals surface area contributed by atoms with Gasteiger partial charge in [-0.1, -0.05) is 0 Å². The van der Waals surface area contributed by atoms with E-state index < -0.39 is 5.97 Å². The molecule has 5 heteroatoms. The van der Waals surface area contributed by atoms with Gasteiger partial charge in [-0.25, -0.2) is 0 Å². The summed E-state index contributed by atoms with van der Waals surface area (Å²) in [5.74, 6) is 0.0767. The van der Waals surface area contributed by atoms with Crippen LogP contribution in [-0.4, -0.2) is 33.9 Å². The molecular weight excluding hydrogens is 194 g/mol. The Morgan fingerprint density at radius 2 is 2.40 bits per heavy atom. The van der Waals surface area contributed by atoms with Crippen LogP contribution < -0.4 is 4.90 Å². The van der Waals surface area contributed by atoms with Crippen LogP contribution in [0, 0.1) is 12.8 Å². The number of aryl methyl sites for hydroxylation is 2. The molecule has 15 heavy (non-hydrogen) atoms. The van der Waals surface area contributed by atoms with Crippen molar-refractivity contribution in [2.45, 2.75) is 13.3 Å². The van der Waals surface area contributed by atoms with E-state index in [4.69, 9.17) is 5.11 Å². The summed E-state index contributed by atoms with van der Waals surface area (Å²) in [5, 5.41) is 13.2. The van der Waals surface area contributed by atoms with Crippen LogP contribution in [0.5, 0.6) is 0 Å². The average molecular weight is 209 g/mol. The molecule has 5 nitrogen and oxygen atoms in total. The van der Waals surface area contributed by atoms with Crippen molar-refractivity contribution >= 4 is 11.8 Å². The van der Waals surface area contributed by atoms with Gasteiger partial charge in [0.25, 0.3) is 0 Å². The second-order valence-electron chi connectivity index (χ2n) is 4.04. The molecule has 1 atom stereocenters. The maximum absolute atomic E-state index is 10.8. The molecule has 0 saturated carbocycles. The number of carboxylic acids is 1. The summed E-state index contributed by atoms with van der Waals surface area (Å²) in [6.07, 6.45) is 0.722. The highest BCUT2D eigenvalue weighted by Gasteiger charge is 2.29. The SMILES string of the molecule is Cc1cc(N2CCC(C(=O)O)C2)n(C)n1. The topological polar surface area (TPSA) is 58.4 Å². The minimum atomic E-state index is -0.698. The maximum Gasteiger partial charge on any atom is 0.308 e. The predicted octanol–water partition coefficient (Wildman–Crippen LogP) is 0.639.